The van der Waals surface area contributed by atoms with Crippen LogP contribution in [0.25, 0.3) is 44.5 Å². The summed E-state index contributed by atoms with van der Waals surface area (Å²) in [4.78, 5) is 2.63. The van der Waals surface area contributed by atoms with E-state index in [1.165, 1.54) is 83.7 Å². The minimum absolute atomic E-state index is 0.113. The van der Waals surface area contributed by atoms with Crippen molar-refractivity contribution in [2.45, 2.75) is 64.7 Å². The van der Waals surface area contributed by atoms with Crippen LogP contribution in [0.15, 0.2) is 158 Å². The number of anilines is 3. The molecule has 2 aliphatic rings. The molecule has 9 rings (SSSR count). The second-order valence-electron chi connectivity index (χ2n) is 16.9. The maximum atomic E-state index is 2.63. The van der Waals surface area contributed by atoms with Crippen LogP contribution in [-0.4, -0.2) is 0 Å². The summed E-state index contributed by atoms with van der Waals surface area (Å²) >= 11 is 0. The largest absolute Gasteiger partial charge is 0.309 e. The van der Waals surface area contributed by atoms with Gasteiger partial charge in [-0.25, -0.2) is 0 Å². The van der Waals surface area contributed by atoms with Crippen LogP contribution in [0.1, 0.15) is 76.3 Å². The molecule has 0 fully saturated rings. The molecule has 53 heavy (non-hydrogen) atoms. The first-order valence-electron chi connectivity index (χ1n) is 19.0. The van der Waals surface area contributed by atoms with Gasteiger partial charge in [0.1, 0.15) is 0 Å². The van der Waals surface area contributed by atoms with Crippen molar-refractivity contribution in [3.05, 3.63) is 186 Å². The molecule has 0 bridgehead atoms. The standard InChI is InChI=1S/C52H47N/c1-50(2,3)46-44-38-27-17-19-29-41(38)51(4,5)47(44)49(48-45(46)39-28-18-20-30-42(39)52(48,6)7)53(37-25-15-10-16-26-37)43-32-31-36(34-21-11-8-12-22-34)33-40(43)35-23-13-9-14-24-35/h8-33H,1-7H3. The molecule has 0 saturated heterocycles. The van der Waals surface area contributed by atoms with E-state index < -0.39 is 0 Å². The lowest BCUT2D eigenvalue weighted by Gasteiger charge is -2.40. The average molecular weight is 686 g/mol. The van der Waals surface area contributed by atoms with Gasteiger partial charge in [-0.05, 0) is 96.4 Å². The van der Waals surface area contributed by atoms with Crippen molar-refractivity contribution < 1.29 is 0 Å². The number of hydrogen-bond donors (Lipinski definition) is 0. The summed E-state index contributed by atoms with van der Waals surface area (Å²) in [6, 6.07) is 58.3. The lowest BCUT2D eigenvalue weighted by atomic mass is 9.70. The lowest BCUT2D eigenvalue weighted by Crippen LogP contribution is -2.28. The smallest absolute Gasteiger partial charge is 0.0556 e. The molecule has 2 aliphatic carbocycles. The van der Waals surface area contributed by atoms with E-state index in [1.54, 1.807) is 0 Å². The predicted molar refractivity (Wildman–Crippen MR) is 226 cm³/mol. The molecule has 0 unspecified atom stereocenters. The van der Waals surface area contributed by atoms with E-state index in [4.69, 9.17) is 0 Å². The fourth-order valence-corrected chi connectivity index (χ4v) is 9.58. The second-order valence-corrected chi connectivity index (χ2v) is 16.9. The van der Waals surface area contributed by atoms with Crippen molar-refractivity contribution in [2.75, 3.05) is 4.90 Å². The van der Waals surface area contributed by atoms with Crippen LogP contribution in [0.3, 0.4) is 0 Å². The molecule has 1 nitrogen and oxygen atoms in total. The first-order chi connectivity index (χ1) is 25.5. The zero-order valence-corrected chi connectivity index (χ0v) is 32.0. The molecule has 0 heterocycles. The summed E-state index contributed by atoms with van der Waals surface area (Å²) in [6.07, 6.45) is 0. The van der Waals surface area contributed by atoms with Gasteiger partial charge in [0.15, 0.2) is 0 Å². The Morgan fingerprint density at radius 2 is 0.887 bits per heavy atom. The molecule has 0 aromatic heterocycles. The quantitative estimate of drug-likeness (QED) is 0.174. The van der Waals surface area contributed by atoms with Gasteiger partial charge in [-0.1, -0.05) is 182 Å². The van der Waals surface area contributed by atoms with Gasteiger partial charge in [-0.3, -0.25) is 0 Å². The van der Waals surface area contributed by atoms with Crippen LogP contribution in [0.2, 0.25) is 0 Å². The Morgan fingerprint density at radius 3 is 1.40 bits per heavy atom. The highest BCUT2D eigenvalue weighted by molar-refractivity contribution is 6.04. The molecule has 7 aromatic rings. The maximum Gasteiger partial charge on any atom is 0.0556 e. The molecule has 0 saturated carbocycles. The minimum Gasteiger partial charge on any atom is -0.309 e. The third-order valence-electron chi connectivity index (χ3n) is 11.9. The number of fused-ring (bicyclic) bond motifs is 6. The van der Waals surface area contributed by atoms with Gasteiger partial charge in [-0.2, -0.15) is 0 Å². The van der Waals surface area contributed by atoms with E-state index in [0.29, 0.717) is 0 Å². The zero-order chi connectivity index (χ0) is 36.7. The van der Waals surface area contributed by atoms with Crippen molar-refractivity contribution in [2.24, 2.45) is 0 Å². The predicted octanol–water partition coefficient (Wildman–Crippen LogP) is 14.4. The average Bonchev–Trinajstić information content (AvgIpc) is 3.55. The third kappa shape index (κ3) is 4.97. The van der Waals surface area contributed by atoms with E-state index in [1.807, 2.05) is 0 Å². The maximum absolute atomic E-state index is 2.63. The highest BCUT2D eigenvalue weighted by Crippen LogP contribution is 2.66. The number of rotatable bonds is 5. The molecule has 7 aromatic carbocycles. The number of para-hydroxylation sites is 1. The fraction of sp³-hybridized carbons (Fsp3) is 0.192. The van der Waals surface area contributed by atoms with Crippen LogP contribution in [0, 0.1) is 0 Å². The van der Waals surface area contributed by atoms with Crippen LogP contribution in [0.5, 0.6) is 0 Å². The molecular formula is C52H47N. The highest BCUT2D eigenvalue weighted by atomic mass is 15.2. The summed E-state index contributed by atoms with van der Waals surface area (Å²) in [5, 5.41) is 0. The zero-order valence-electron chi connectivity index (χ0n) is 32.0. The normalized spacial score (nSPS) is 14.6. The Kier molecular flexibility index (Phi) is 7.48. The second kappa shape index (κ2) is 11.9. The van der Waals surface area contributed by atoms with Gasteiger partial charge in [0.05, 0.1) is 11.4 Å². The minimum atomic E-state index is -0.259. The molecule has 0 atom stereocenters. The Balaban J connectivity index is 1.49. The van der Waals surface area contributed by atoms with Gasteiger partial charge >= 0.3 is 0 Å². The van der Waals surface area contributed by atoms with Gasteiger partial charge in [0.2, 0.25) is 0 Å². The van der Waals surface area contributed by atoms with Crippen molar-refractivity contribution in [3.63, 3.8) is 0 Å². The summed E-state index contributed by atoms with van der Waals surface area (Å²) in [6.45, 7) is 17.0. The molecule has 0 amide bonds. The topological polar surface area (TPSA) is 3.24 Å². The molecule has 0 N–H and O–H groups in total. The van der Waals surface area contributed by atoms with Crippen LogP contribution < -0.4 is 4.90 Å². The van der Waals surface area contributed by atoms with E-state index in [9.17, 15) is 0 Å². The van der Waals surface area contributed by atoms with E-state index in [2.05, 4.69) is 211 Å². The highest BCUT2D eigenvalue weighted by Gasteiger charge is 2.50. The summed E-state index contributed by atoms with van der Waals surface area (Å²) in [5.74, 6) is 0. The van der Waals surface area contributed by atoms with E-state index in [0.717, 1.165) is 5.69 Å². The van der Waals surface area contributed by atoms with E-state index >= 15 is 0 Å². The monoisotopic (exact) mass is 685 g/mol. The fourth-order valence-electron chi connectivity index (χ4n) is 9.58. The van der Waals surface area contributed by atoms with Crippen molar-refractivity contribution in [3.8, 4) is 44.5 Å². The Morgan fingerprint density at radius 1 is 0.434 bits per heavy atom. The lowest BCUT2D eigenvalue weighted by molar-refractivity contribution is 0.587. The van der Waals surface area contributed by atoms with Gasteiger partial charge in [0, 0.05) is 22.1 Å². The van der Waals surface area contributed by atoms with Gasteiger partial charge < -0.3 is 4.90 Å². The van der Waals surface area contributed by atoms with E-state index in [-0.39, 0.29) is 16.2 Å². The van der Waals surface area contributed by atoms with Crippen LogP contribution in [-0.2, 0) is 16.2 Å². The third-order valence-corrected chi connectivity index (χ3v) is 11.9. The van der Waals surface area contributed by atoms with Crippen molar-refractivity contribution in [1.29, 1.82) is 0 Å². The molecule has 1 heteroatoms. The summed E-state index contributed by atoms with van der Waals surface area (Å²) in [5.41, 5.74) is 20.4. The summed E-state index contributed by atoms with van der Waals surface area (Å²) < 4.78 is 0. The Bertz CT molecular complexity index is 2430. The Labute approximate surface area is 315 Å². The Hall–Kier alpha value is -5.66. The molecule has 0 spiro atoms. The number of benzene rings is 7. The summed E-state index contributed by atoms with van der Waals surface area (Å²) in [7, 11) is 0. The number of nitrogens with zero attached hydrogens (tertiary/aromatic N) is 1. The molecule has 260 valence electrons. The number of hydrogen-bond acceptors (Lipinski definition) is 1. The van der Waals surface area contributed by atoms with Crippen LogP contribution >= 0.6 is 0 Å². The van der Waals surface area contributed by atoms with Gasteiger partial charge in [-0.15, -0.1) is 0 Å². The molecule has 0 aliphatic heterocycles. The molecule has 0 radical (unpaired) electrons. The molecular weight excluding hydrogens is 639 g/mol. The first-order valence-corrected chi connectivity index (χ1v) is 19.0. The van der Waals surface area contributed by atoms with Crippen molar-refractivity contribution in [1.82, 2.24) is 0 Å². The van der Waals surface area contributed by atoms with Crippen LogP contribution in [0.4, 0.5) is 17.1 Å². The SMILES string of the molecule is CC(C)(C)c1c2c(c(N(c3ccccc3)c3ccc(-c4ccccc4)cc3-c3ccccc3)c3c1-c1ccccc1C3(C)C)C(C)(C)c1ccccc1-2. The van der Waals surface area contributed by atoms with Gasteiger partial charge in [0.25, 0.3) is 0 Å². The van der Waals surface area contributed by atoms with Crippen molar-refractivity contribution >= 4 is 17.1 Å². The first kappa shape index (κ1) is 33.2.